The van der Waals surface area contributed by atoms with Crippen molar-refractivity contribution in [3.8, 4) is 0 Å². The number of anilines is 2. The van der Waals surface area contributed by atoms with E-state index in [-0.39, 0.29) is 17.8 Å². The minimum Gasteiger partial charge on any atom is -0.360 e. The van der Waals surface area contributed by atoms with Crippen molar-refractivity contribution in [3.63, 3.8) is 0 Å². The lowest BCUT2D eigenvalue weighted by atomic mass is 10.1. The van der Waals surface area contributed by atoms with Gasteiger partial charge in [-0.2, -0.15) is 0 Å². The van der Waals surface area contributed by atoms with E-state index < -0.39 is 0 Å². The zero-order valence-electron chi connectivity index (χ0n) is 15.1. The average Bonchev–Trinajstić information content (AvgIpc) is 2.99. The van der Waals surface area contributed by atoms with E-state index in [9.17, 15) is 9.18 Å². The molecule has 0 aliphatic carbocycles. The zero-order chi connectivity index (χ0) is 18.1. The highest BCUT2D eigenvalue weighted by Gasteiger charge is 2.33. The van der Waals surface area contributed by atoms with Gasteiger partial charge < -0.3 is 14.7 Å². The van der Waals surface area contributed by atoms with Crippen molar-refractivity contribution in [2.24, 2.45) is 0 Å². The molecular formula is C21H25FN3O+. The molecular weight excluding hydrogens is 329 g/mol. The zero-order valence-corrected chi connectivity index (χ0v) is 15.1. The molecule has 1 fully saturated rings. The number of carbonyl (C=O) groups is 1. The molecule has 136 valence electrons. The number of benzene rings is 2. The number of fused-ring (bicyclic) bond motifs is 1. The number of piperazine rings is 1. The normalized spacial score (nSPS) is 20.3. The first kappa shape index (κ1) is 17.0. The third-order valence-electron chi connectivity index (χ3n) is 5.54. The Bertz CT molecular complexity index is 784. The van der Waals surface area contributed by atoms with E-state index in [1.165, 1.54) is 22.6 Å². The standard InChI is InChI=1S/C21H24FN3O/c1-16-14-17-4-2-3-5-20(17)25(16)21(26)15-23-10-12-24(13-11-23)19-8-6-18(22)7-9-19/h2-9,16H,10-15H2,1H3/p+1/t16-/m1/s1. The molecule has 2 aromatic carbocycles. The van der Waals surface area contributed by atoms with Gasteiger partial charge in [0.2, 0.25) is 0 Å². The summed E-state index contributed by atoms with van der Waals surface area (Å²) in [7, 11) is 0. The molecule has 2 aliphatic rings. The van der Waals surface area contributed by atoms with E-state index in [0.717, 1.165) is 44.0 Å². The summed E-state index contributed by atoms with van der Waals surface area (Å²) in [6.07, 6.45) is 0.940. The topological polar surface area (TPSA) is 28.0 Å². The molecule has 1 atom stereocenters. The first-order valence-corrected chi connectivity index (χ1v) is 9.36. The van der Waals surface area contributed by atoms with E-state index in [4.69, 9.17) is 0 Å². The third kappa shape index (κ3) is 3.31. The molecule has 1 saturated heterocycles. The van der Waals surface area contributed by atoms with Gasteiger partial charge in [0.25, 0.3) is 5.91 Å². The Balaban J connectivity index is 1.36. The Hall–Kier alpha value is -2.40. The number of hydrogen-bond donors (Lipinski definition) is 1. The van der Waals surface area contributed by atoms with Gasteiger partial charge in [0.05, 0.1) is 26.2 Å². The molecule has 4 rings (SSSR count). The van der Waals surface area contributed by atoms with Crippen LogP contribution in [0.1, 0.15) is 12.5 Å². The molecule has 0 spiro atoms. The molecule has 2 heterocycles. The minimum absolute atomic E-state index is 0.205. The monoisotopic (exact) mass is 354 g/mol. The Labute approximate surface area is 153 Å². The van der Waals surface area contributed by atoms with Crippen LogP contribution in [0.3, 0.4) is 0 Å². The molecule has 0 unspecified atom stereocenters. The molecule has 0 aromatic heterocycles. The lowest BCUT2D eigenvalue weighted by molar-refractivity contribution is -0.892. The number of nitrogens with one attached hydrogen (secondary N) is 1. The fraction of sp³-hybridized carbons (Fsp3) is 0.381. The van der Waals surface area contributed by atoms with E-state index in [0.29, 0.717) is 6.54 Å². The summed E-state index contributed by atoms with van der Waals surface area (Å²) in [5, 5.41) is 0. The SMILES string of the molecule is C[C@@H]1Cc2ccccc2N1C(=O)C[NH+]1CCN(c2ccc(F)cc2)CC1. The average molecular weight is 354 g/mol. The molecule has 1 amide bonds. The number of nitrogens with zero attached hydrogens (tertiary/aromatic N) is 2. The largest absolute Gasteiger partial charge is 0.360 e. The van der Waals surface area contributed by atoms with Gasteiger partial charge in [-0.15, -0.1) is 0 Å². The smallest absolute Gasteiger partial charge is 0.282 e. The highest BCUT2D eigenvalue weighted by atomic mass is 19.1. The number of carbonyl (C=O) groups excluding carboxylic acids is 1. The van der Waals surface area contributed by atoms with Crippen molar-refractivity contribution < 1.29 is 14.1 Å². The molecule has 2 aromatic rings. The van der Waals surface area contributed by atoms with Gasteiger partial charge in [-0.05, 0) is 49.2 Å². The van der Waals surface area contributed by atoms with Crippen LogP contribution in [0.5, 0.6) is 0 Å². The van der Waals surface area contributed by atoms with E-state index >= 15 is 0 Å². The number of rotatable bonds is 3. The summed E-state index contributed by atoms with van der Waals surface area (Å²) in [5.74, 6) is 0.0105. The summed E-state index contributed by atoms with van der Waals surface area (Å²) in [6, 6.07) is 15.1. The second-order valence-electron chi connectivity index (χ2n) is 7.34. The highest BCUT2D eigenvalue weighted by molar-refractivity contribution is 5.96. The number of para-hydroxylation sites is 1. The second-order valence-corrected chi connectivity index (χ2v) is 7.34. The number of amides is 1. The van der Waals surface area contributed by atoms with Gasteiger partial charge in [-0.3, -0.25) is 4.79 Å². The van der Waals surface area contributed by atoms with Crippen molar-refractivity contribution in [2.45, 2.75) is 19.4 Å². The quantitative estimate of drug-likeness (QED) is 0.905. The maximum Gasteiger partial charge on any atom is 0.282 e. The molecule has 0 saturated carbocycles. The predicted molar refractivity (Wildman–Crippen MR) is 101 cm³/mol. The van der Waals surface area contributed by atoms with Gasteiger partial charge >= 0.3 is 0 Å². The summed E-state index contributed by atoms with van der Waals surface area (Å²) < 4.78 is 13.1. The van der Waals surface area contributed by atoms with Crippen LogP contribution in [-0.4, -0.2) is 44.7 Å². The molecule has 0 radical (unpaired) electrons. The van der Waals surface area contributed by atoms with Gasteiger partial charge in [0.15, 0.2) is 6.54 Å². The van der Waals surface area contributed by atoms with Crippen molar-refractivity contribution in [2.75, 3.05) is 42.5 Å². The number of halogens is 1. The van der Waals surface area contributed by atoms with Gasteiger partial charge in [-0.1, -0.05) is 18.2 Å². The highest BCUT2D eigenvalue weighted by Crippen LogP contribution is 2.31. The lowest BCUT2D eigenvalue weighted by Crippen LogP contribution is -3.16. The molecule has 4 nitrogen and oxygen atoms in total. The van der Waals surface area contributed by atoms with Crippen LogP contribution in [-0.2, 0) is 11.2 Å². The predicted octanol–water partition coefficient (Wildman–Crippen LogP) is 1.51. The van der Waals surface area contributed by atoms with Crippen molar-refractivity contribution in [3.05, 3.63) is 59.9 Å². The Kier molecular flexibility index (Phi) is 4.64. The third-order valence-corrected chi connectivity index (χ3v) is 5.54. The fourth-order valence-electron chi connectivity index (χ4n) is 4.15. The fourth-order valence-corrected chi connectivity index (χ4v) is 4.15. The van der Waals surface area contributed by atoms with Crippen molar-refractivity contribution in [1.29, 1.82) is 0 Å². The van der Waals surface area contributed by atoms with Crippen LogP contribution in [0, 0.1) is 5.82 Å². The summed E-state index contributed by atoms with van der Waals surface area (Å²) in [4.78, 5) is 18.5. The van der Waals surface area contributed by atoms with E-state index in [1.807, 2.05) is 29.2 Å². The summed E-state index contributed by atoms with van der Waals surface area (Å²) in [6.45, 7) is 6.29. The molecule has 26 heavy (non-hydrogen) atoms. The molecule has 1 N–H and O–H groups in total. The number of quaternary nitrogens is 1. The van der Waals surface area contributed by atoms with Gasteiger partial charge in [0.1, 0.15) is 5.82 Å². The minimum atomic E-state index is -0.205. The molecule has 5 heteroatoms. The Morgan fingerprint density at radius 1 is 1.12 bits per heavy atom. The van der Waals surface area contributed by atoms with Gasteiger partial charge in [0, 0.05) is 17.4 Å². The van der Waals surface area contributed by atoms with Gasteiger partial charge in [-0.25, -0.2) is 4.39 Å². The van der Waals surface area contributed by atoms with Crippen LogP contribution < -0.4 is 14.7 Å². The van der Waals surface area contributed by atoms with Crippen LogP contribution in [0.2, 0.25) is 0 Å². The van der Waals surface area contributed by atoms with E-state index in [1.54, 1.807) is 0 Å². The second kappa shape index (κ2) is 7.08. The summed E-state index contributed by atoms with van der Waals surface area (Å²) in [5.41, 5.74) is 3.40. The first-order chi connectivity index (χ1) is 12.6. The van der Waals surface area contributed by atoms with E-state index in [2.05, 4.69) is 24.0 Å². The Morgan fingerprint density at radius 3 is 2.54 bits per heavy atom. The summed E-state index contributed by atoms with van der Waals surface area (Å²) >= 11 is 0. The molecule has 2 aliphatic heterocycles. The lowest BCUT2D eigenvalue weighted by Gasteiger charge is -2.34. The van der Waals surface area contributed by atoms with Crippen molar-refractivity contribution in [1.82, 2.24) is 0 Å². The van der Waals surface area contributed by atoms with Crippen LogP contribution in [0.4, 0.5) is 15.8 Å². The van der Waals surface area contributed by atoms with Crippen molar-refractivity contribution >= 4 is 17.3 Å². The van der Waals surface area contributed by atoms with Crippen LogP contribution in [0.15, 0.2) is 48.5 Å². The Morgan fingerprint density at radius 2 is 1.81 bits per heavy atom. The maximum absolute atomic E-state index is 13.1. The first-order valence-electron chi connectivity index (χ1n) is 9.36. The van der Waals surface area contributed by atoms with Crippen LogP contribution in [0.25, 0.3) is 0 Å². The molecule has 0 bridgehead atoms. The number of hydrogen-bond acceptors (Lipinski definition) is 2. The van der Waals surface area contributed by atoms with Crippen LogP contribution >= 0.6 is 0 Å². The maximum atomic E-state index is 13.1.